The van der Waals surface area contributed by atoms with Gasteiger partial charge in [-0.05, 0) is 30.2 Å². The van der Waals surface area contributed by atoms with Gasteiger partial charge in [0.25, 0.3) is 0 Å². The maximum Gasteiger partial charge on any atom is 0.233 e. The van der Waals surface area contributed by atoms with Crippen LogP contribution in [0.25, 0.3) is 11.6 Å². The van der Waals surface area contributed by atoms with E-state index in [1.165, 1.54) is 17.3 Å². The molecule has 0 saturated carbocycles. The number of amides is 1. The molecule has 0 radical (unpaired) electrons. The number of allylic oxidation sites excluding steroid dienone is 1. The molecule has 0 N–H and O–H groups in total. The van der Waals surface area contributed by atoms with Crippen molar-refractivity contribution in [1.29, 1.82) is 0 Å². The second kappa shape index (κ2) is 8.73. The van der Waals surface area contributed by atoms with Crippen LogP contribution in [0.4, 0.5) is 0 Å². The second-order valence-electron chi connectivity index (χ2n) is 6.15. The summed E-state index contributed by atoms with van der Waals surface area (Å²) in [4.78, 5) is 14.3. The molecule has 6 nitrogen and oxygen atoms in total. The van der Waals surface area contributed by atoms with Gasteiger partial charge in [-0.2, -0.15) is 0 Å². The first-order valence-electron chi connectivity index (χ1n) is 8.59. The SMILES string of the molecule is C=CCn1c(SCC(=O)N(C)Cc2ccccc2C)nnc1-c1ccco1. The number of carbonyl (C=O) groups excluding carboxylic acids is 1. The molecule has 1 aromatic carbocycles. The number of hydrogen-bond donors (Lipinski definition) is 0. The molecular formula is C20H22N4O2S. The highest BCUT2D eigenvalue weighted by Gasteiger charge is 2.18. The van der Waals surface area contributed by atoms with Gasteiger partial charge in [-0.3, -0.25) is 9.36 Å². The van der Waals surface area contributed by atoms with E-state index in [2.05, 4.69) is 29.8 Å². The van der Waals surface area contributed by atoms with Crippen LogP contribution in [0.3, 0.4) is 0 Å². The Morgan fingerprint density at radius 2 is 2.11 bits per heavy atom. The number of aryl methyl sites for hydroxylation is 1. The standard InChI is InChI=1S/C20H22N4O2S/c1-4-11-24-19(17-10-7-12-26-17)21-22-20(24)27-14-18(25)23(3)13-16-9-6-5-8-15(16)2/h4-10,12H,1,11,13-14H2,2-3H3. The van der Waals surface area contributed by atoms with Crippen LogP contribution in [0.5, 0.6) is 0 Å². The molecule has 2 aromatic heterocycles. The number of rotatable bonds is 8. The van der Waals surface area contributed by atoms with Gasteiger partial charge in [-0.25, -0.2) is 0 Å². The van der Waals surface area contributed by atoms with Crippen LogP contribution in [-0.2, 0) is 17.9 Å². The summed E-state index contributed by atoms with van der Waals surface area (Å²) >= 11 is 1.36. The molecule has 0 aliphatic rings. The van der Waals surface area contributed by atoms with E-state index >= 15 is 0 Å². The van der Waals surface area contributed by atoms with Gasteiger partial charge < -0.3 is 9.32 Å². The summed E-state index contributed by atoms with van der Waals surface area (Å²) in [6, 6.07) is 11.7. The summed E-state index contributed by atoms with van der Waals surface area (Å²) in [5.74, 6) is 1.59. The molecule has 0 spiro atoms. The van der Waals surface area contributed by atoms with Crippen molar-refractivity contribution in [3.8, 4) is 11.6 Å². The summed E-state index contributed by atoms with van der Waals surface area (Å²) in [6.45, 7) is 6.96. The van der Waals surface area contributed by atoms with E-state index in [1.54, 1.807) is 23.3 Å². The van der Waals surface area contributed by atoms with Gasteiger partial charge in [0.05, 0.1) is 12.0 Å². The highest BCUT2D eigenvalue weighted by Crippen LogP contribution is 2.24. The molecule has 0 bridgehead atoms. The topological polar surface area (TPSA) is 64.2 Å². The van der Waals surface area contributed by atoms with E-state index in [4.69, 9.17) is 4.42 Å². The third kappa shape index (κ3) is 4.49. The number of thioether (sulfide) groups is 1. The summed E-state index contributed by atoms with van der Waals surface area (Å²) < 4.78 is 7.31. The Morgan fingerprint density at radius 3 is 2.81 bits per heavy atom. The van der Waals surface area contributed by atoms with Crippen molar-refractivity contribution < 1.29 is 9.21 Å². The first kappa shape index (κ1) is 19.0. The third-order valence-corrected chi connectivity index (χ3v) is 5.14. The maximum atomic E-state index is 12.5. The lowest BCUT2D eigenvalue weighted by molar-refractivity contribution is -0.127. The van der Waals surface area contributed by atoms with E-state index in [1.807, 2.05) is 35.9 Å². The fraction of sp³-hybridized carbons (Fsp3) is 0.250. The van der Waals surface area contributed by atoms with Gasteiger partial charge in [0, 0.05) is 20.1 Å². The van der Waals surface area contributed by atoms with Crippen molar-refractivity contribution in [2.45, 2.75) is 25.2 Å². The fourth-order valence-electron chi connectivity index (χ4n) is 2.64. The van der Waals surface area contributed by atoms with Crippen LogP contribution in [0.2, 0.25) is 0 Å². The minimum absolute atomic E-state index is 0.0379. The largest absolute Gasteiger partial charge is 0.461 e. The number of furan rings is 1. The normalized spacial score (nSPS) is 10.7. The zero-order valence-corrected chi connectivity index (χ0v) is 16.3. The molecule has 7 heteroatoms. The number of carbonyl (C=O) groups is 1. The molecule has 0 unspecified atom stereocenters. The van der Waals surface area contributed by atoms with Crippen molar-refractivity contribution in [2.24, 2.45) is 0 Å². The lowest BCUT2D eigenvalue weighted by Crippen LogP contribution is -2.28. The monoisotopic (exact) mass is 382 g/mol. The Bertz CT molecular complexity index is 918. The zero-order valence-electron chi connectivity index (χ0n) is 15.5. The molecule has 3 rings (SSSR count). The van der Waals surface area contributed by atoms with E-state index in [0.29, 0.717) is 29.8 Å². The molecule has 1 amide bonds. The molecule has 2 heterocycles. The average Bonchev–Trinajstić information content (AvgIpc) is 3.31. The summed E-state index contributed by atoms with van der Waals surface area (Å²) in [6.07, 6.45) is 3.37. The molecule has 0 aliphatic carbocycles. The fourth-order valence-corrected chi connectivity index (χ4v) is 3.53. The number of nitrogens with zero attached hydrogens (tertiary/aromatic N) is 4. The first-order valence-corrected chi connectivity index (χ1v) is 9.58. The van der Waals surface area contributed by atoms with Gasteiger partial charge in [0.15, 0.2) is 10.9 Å². The lowest BCUT2D eigenvalue weighted by Gasteiger charge is -2.18. The number of hydrogen-bond acceptors (Lipinski definition) is 5. The minimum Gasteiger partial charge on any atom is -0.461 e. The Balaban J connectivity index is 1.66. The van der Waals surface area contributed by atoms with Crippen molar-refractivity contribution in [3.05, 3.63) is 66.4 Å². The van der Waals surface area contributed by atoms with E-state index < -0.39 is 0 Å². The van der Waals surface area contributed by atoms with Crippen LogP contribution in [0, 0.1) is 6.92 Å². The highest BCUT2D eigenvalue weighted by atomic mass is 32.2. The quantitative estimate of drug-likeness (QED) is 0.438. The number of benzene rings is 1. The second-order valence-corrected chi connectivity index (χ2v) is 7.09. The van der Waals surface area contributed by atoms with Gasteiger partial charge in [0.2, 0.25) is 11.7 Å². The van der Waals surface area contributed by atoms with Crippen LogP contribution >= 0.6 is 11.8 Å². The lowest BCUT2D eigenvalue weighted by atomic mass is 10.1. The van der Waals surface area contributed by atoms with Crippen LogP contribution in [0.15, 0.2) is 64.9 Å². The Kier molecular flexibility index (Phi) is 6.13. The van der Waals surface area contributed by atoms with Crippen LogP contribution in [-0.4, -0.2) is 38.4 Å². The molecule has 0 atom stereocenters. The molecule has 3 aromatic rings. The zero-order chi connectivity index (χ0) is 19.2. The maximum absolute atomic E-state index is 12.5. The van der Waals surface area contributed by atoms with Crippen molar-refractivity contribution in [2.75, 3.05) is 12.8 Å². The number of aromatic nitrogens is 3. The van der Waals surface area contributed by atoms with E-state index in [0.717, 1.165) is 5.56 Å². The Labute approximate surface area is 162 Å². The van der Waals surface area contributed by atoms with Crippen molar-refractivity contribution in [1.82, 2.24) is 19.7 Å². The Morgan fingerprint density at radius 1 is 1.30 bits per heavy atom. The Hall–Kier alpha value is -2.80. The predicted molar refractivity (Wildman–Crippen MR) is 106 cm³/mol. The third-order valence-electron chi connectivity index (χ3n) is 4.19. The van der Waals surface area contributed by atoms with Crippen LogP contribution in [0.1, 0.15) is 11.1 Å². The summed E-state index contributed by atoms with van der Waals surface area (Å²) in [7, 11) is 1.82. The predicted octanol–water partition coefficient (Wildman–Crippen LogP) is 3.78. The van der Waals surface area contributed by atoms with Crippen molar-refractivity contribution >= 4 is 17.7 Å². The van der Waals surface area contributed by atoms with Crippen LogP contribution < -0.4 is 0 Å². The highest BCUT2D eigenvalue weighted by molar-refractivity contribution is 7.99. The van der Waals surface area contributed by atoms with Crippen molar-refractivity contribution in [3.63, 3.8) is 0 Å². The van der Waals surface area contributed by atoms with Gasteiger partial charge in [-0.15, -0.1) is 16.8 Å². The molecule has 0 fully saturated rings. The molecule has 140 valence electrons. The minimum atomic E-state index is 0.0379. The smallest absolute Gasteiger partial charge is 0.233 e. The summed E-state index contributed by atoms with van der Waals surface area (Å²) in [5.41, 5.74) is 2.33. The van der Waals surface area contributed by atoms with Gasteiger partial charge in [-0.1, -0.05) is 42.1 Å². The first-order chi connectivity index (χ1) is 13.1. The van der Waals surface area contributed by atoms with Gasteiger partial charge in [0.1, 0.15) is 0 Å². The molecule has 0 saturated heterocycles. The molecule has 0 aliphatic heterocycles. The van der Waals surface area contributed by atoms with E-state index in [-0.39, 0.29) is 11.7 Å². The van der Waals surface area contributed by atoms with Gasteiger partial charge >= 0.3 is 0 Å². The molecular weight excluding hydrogens is 360 g/mol. The molecule has 27 heavy (non-hydrogen) atoms. The average molecular weight is 382 g/mol. The summed E-state index contributed by atoms with van der Waals surface area (Å²) in [5, 5.41) is 9.09. The van der Waals surface area contributed by atoms with E-state index in [9.17, 15) is 4.79 Å².